The molecule has 1 saturated heterocycles. The SMILES string of the molecule is O=C(CCCCl)N1CCC(Oc2cccnn2)C1. The lowest BCUT2D eigenvalue weighted by Gasteiger charge is -2.16. The Bertz CT molecular complexity index is 388. The number of carbonyl (C=O) groups excluding carboxylic acids is 1. The molecule has 1 aromatic rings. The summed E-state index contributed by atoms with van der Waals surface area (Å²) in [6, 6.07) is 3.55. The third kappa shape index (κ3) is 3.57. The Balaban J connectivity index is 1.80. The average Bonchev–Trinajstić information content (AvgIpc) is 2.86. The maximum Gasteiger partial charge on any atom is 0.233 e. The van der Waals surface area contributed by atoms with Crippen molar-refractivity contribution in [3.8, 4) is 5.88 Å². The van der Waals surface area contributed by atoms with E-state index in [1.807, 2.05) is 4.90 Å². The molecular weight excluding hydrogens is 254 g/mol. The monoisotopic (exact) mass is 269 g/mol. The summed E-state index contributed by atoms with van der Waals surface area (Å²) in [6.45, 7) is 1.36. The van der Waals surface area contributed by atoms with Gasteiger partial charge < -0.3 is 9.64 Å². The molecule has 1 unspecified atom stereocenters. The topological polar surface area (TPSA) is 55.3 Å². The van der Waals surface area contributed by atoms with E-state index in [0.29, 0.717) is 24.7 Å². The fourth-order valence-corrected chi connectivity index (χ4v) is 2.08. The van der Waals surface area contributed by atoms with Crippen LogP contribution in [0.2, 0.25) is 0 Å². The Morgan fingerprint density at radius 3 is 3.22 bits per heavy atom. The number of alkyl halides is 1. The standard InChI is InChI=1S/C12H16ClN3O2/c13-6-1-4-12(17)16-8-5-10(9-16)18-11-3-2-7-14-15-11/h2-3,7,10H,1,4-6,8-9H2. The highest BCUT2D eigenvalue weighted by Crippen LogP contribution is 2.16. The smallest absolute Gasteiger partial charge is 0.233 e. The first-order valence-electron chi connectivity index (χ1n) is 6.07. The molecule has 0 bridgehead atoms. The van der Waals surface area contributed by atoms with Crippen molar-refractivity contribution < 1.29 is 9.53 Å². The fourth-order valence-electron chi connectivity index (χ4n) is 1.95. The second-order valence-corrected chi connectivity index (χ2v) is 4.60. The van der Waals surface area contributed by atoms with Gasteiger partial charge in [-0.3, -0.25) is 4.79 Å². The quantitative estimate of drug-likeness (QED) is 0.760. The lowest BCUT2D eigenvalue weighted by atomic mass is 10.3. The third-order valence-corrected chi connectivity index (χ3v) is 3.12. The van der Waals surface area contributed by atoms with Crippen molar-refractivity contribution in [3.63, 3.8) is 0 Å². The average molecular weight is 270 g/mol. The van der Waals surface area contributed by atoms with Gasteiger partial charge in [0.2, 0.25) is 11.8 Å². The summed E-state index contributed by atoms with van der Waals surface area (Å²) in [6.07, 6.45) is 3.70. The molecule has 1 aliphatic heterocycles. The number of aromatic nitrogens is 2. The van der Waals surface area contributed by atoms with Gasteiger partial charge in [0.25, 0.3) is 0 Å². The molecule has 0 aliphatic carbocycles. The molecule has 2 heterocycles. The normalized spacial score (nSPS) is 18.9. The lowest BCUT2D eigenvalue weighted by Crippen LogP contribution is -2.30. The number of ether oxygens (including phenoxy) is 1. The molecule has 5 nitrogen and oxygen atoms in total. The summed E-state index contributed by atoms with van der Waals surface area (Å²) in [5.74, 6) is 1.19. The van der Waals surface area contributed by atoms with E-state index in [9.17, 15) is 4.79 Å². The number of hydrogen-bond donors (Lipinski definition) is 0. The zero-order valence-corrected chi connectivity index (χ0v) is 10.8. The van der Waals surface area contributed by atoms with Crippen LogP contribution in [-0.4, -0.2) is 46.1 Å². The van der Waals surface area contributed by atoms with Gasteiger partial charge in [0.05, 0.1) is 6.54 Å². The van der Waals surface area contributed by atoms with Crippen molar-refractivity contribution in [1.82, 2.24) is 15.1 Å². The highest BCUT2D eigenvalue weighted by Gasteiger charge is 2.27. The number of rotatable bonds is 5. The van der Waals surface area contributed by atoms with E-state index in [2.05, 4.69) is 10.2 Å². The van der Waals surface area contributed by atoms with Crippen LogP contribution in [0.1, 0.15) is 19.3 Å². The molecule has 1 amide bonds. The van der Waals surface area contributed by atoms with Crippen LogP contribution in [0.3, 0.4) is 0 Å². The highest BCUT2D eigenvalue weighted by atomic mass is 35.5. The first-order valence-corrected chi connectivity index (χ1v) is 6.61. The summed E-state index contributed by atoms with van der Waals surface area (Å²) < 4.78 is 5.67. The molecule has 0 spiro atoms. The number of halogens is 1. The minimum Gasteiger partial charge on any atom is -0.471 e. The van der Waals surface area contributed by atoms with E-state index in [-0.39, 0.29) is 12.0 Å². The molecule has 0 radical (unpaired) electrons. The van der Waals surface area contributed by atoms with Gasteiger partial charge in [0.15, 0.2) is 0 Å². The molecular formula is C12H16ClN3O2. The molecule has 1 atom stereocenters. The van der Waals surface area contributed by atoms with Gasteiger partial charge in [-0.15, -0.1) is 16.7 Å². The minimum atomic E-state index is 0.0154. The van der Waals surface area contributed by atoms with Crippen LogP contribution in [0, 0.1) is 0 Å². The summed E-state index contributed by atoms with van der Waals surface area (Å²) in [5.41, 5.74) is 0. The molecule has 2 rings (SSSR count). The van der Waals surface area contributed by atoms with Gasteiger partial charge in [0, 0.05) is 37.5 Å². The molecule has 6 heteroatoms. The Hall–Kier alpha value is -1.36. The van der Waals surface area contributed by atoms with Crippen LogP contribution in [0.25, 0.3) is 0 Å². The molecule has 0 aromatic carbocycles. The number of likely N-dealkylation sites (tertiary alicyclic amines) is 1. The van der Waals surface area contributed by atoms with Crippen LogP contribution in [0.5, 0.6) is 5.88 Å². The Kier molecular flexibility index (Phi) is 4.75. The van der Waals surface area contributed by atoms with Crippen LogP contribution >= 0.6 is 11.6 Å². The van der Waals surface area contributed by atoms with Gasteiger partial charge in [0.1, 0.15) is 6.10 Å². The largest absolute Gasteiger partial charge is 0.471 e. The Labute approximate surface area is 111 Å². The van der Waals surface area contributed by atoms with E-state index in [1.165, 1.54) is 0 Å². The van der Waals surface area contributed by atoms with Crippen molar-refractivity contribution >= 4 is 17.5 Å². The van der Waals surface area contributed by atoms with Gasteiger partial charge >= 0.3 is 0 Å². The molecule has 0 saturated carbocycles. The zero-order chi connectivity index (χ0) is 12.8. The lowest BCUT2D eigenvalue weighted by molar-refractivity contribution is -0.130. The zero-order valence-electron chi connectivity index (χ0n) is 10.1. The summed E-state index contributed by atoms with van der Waals surface area (Å²) in [7, 11) is 0. The number of nitrogens with zero attached hydrogens (tertiary/aromatic N) is 3. The predicted molar refractivity (Wildman–Crippen MR) is 67.6 cm³/mol. The number of hydrogen-bond acceptors (Lipinski definition) is 4. The summed E-state index contributed by atoms with van der Waals surface area (Å²) in [5, 5.41) is 7.62. The van der Waals surface area contributed by atoms with Crippen molar-refractivity contribution in [2.45, 2.75) is 25.4 Å². The Morgan fingerprint density at radius 2 is 2.50 bits per heavy atom. The van der Waals surface area contributed by atoms with E-state index >= 15 is 0 Å². The predicted octanol–water partition coefficient (Wildman–Crippen LogP) is 1.48. The highest BCUT2D eigenvalue weighted by molar-refractivity contribution is 6.17. The van der Waals surface area contributed by atoms with Crippen LogP contribution in [0.4, 0.5) is 0 Å². The Morgan fingerprint density at radius 1 is 1.61 bits per heavy atom. The molecule has 1 fully saturated rings. The minimum absolute atomic E-state index is 0.0154. The van der Waals surface area contributed by atoms with E-state index < -0.39 is 0 Å². The second-order valence-electron chi connectivity index (χ2n) is 4.22. The van der Waals surface area contributed by atoms with Crippen molar-refractivity contribution in [1.29, 1.82) is 0 Å². The maximum atomic E-state index is 11.8. The summed E-state index contributed by atoms with van der Waals surface area (Å²) >= 11 is 5.58. The van der Waals surface area contributed by atoms with Gasteiger partial charge in [-0.1, -0.05) is 0 Å². The first-order chi connectivity index (χ1) is 8.79. The maximum absolute atomic E-state index is 11.8. The van der Waals surface area contributed by atoms with Gasteiger partial charge in [-0.25, -0.2) is 0 Å². The fraction of sp³-hybridized carbons (Fsp3) is 0.583. The van der Waals surface area contributed by atoms with Gasteiger partial charge in [-0.05, 0) is 12.5 Å². The molecule has 98 valence electrons. The van der Waals surface area contributed by atoms with E-state index in [1.54, 1.807) is 18.3 Å². The van der Waals surface area contributed by atoms with Gasteiger partial charge in [-0.2, -0.15) is 5.10 Å². The second kappa shape index (κ2) is 6.54. The third-order valence-electron chi connectivity index (χ3n) is 2.86. The van der Waals surface area contributed by atoms with E-state index in [4.69, 9.17) is 16.3 Å². The number of amides is 1. The van der Waals surface area contributed by atoms with Crippen molar-refractivity contribution in [2.75, 3.05) is 19.0 Å². The van der Waals surface area contributed by atoms with Crippen LogP contribution in [-0.2, 0) is 4.79 Å². The van der Waals surface area contributed by atoms with Crippen molar-refractivity contribution in [3.05, 3.63) is 18.3 Å². The molecule has 1 aliphatic rings. The molecule has 18 heavy (non-hydrogen) atoms. The van der Waals surface area contributed by atoms with Crippen molar-refractivity contribution in [2.24, 2.45) is 0 Å². The summed E-state index contributed by atoms with van der Waals surface area (Å²) in [4.78, 5) is 13.6. The van der Waals surface area contributed by atoms with Crippen LogP contribution in [0.15, 0.2) is 18.3 Å². The van der Waals surface area contributed by atoms with Crippen LogP contribution < -0.4 is 4.74 Å². The molecule has 0 N–H and O–H groups in total. The first kappa shape index (κ1) is 13.1. The number of carbonyl (C=O) groups is 1. The molecule has 1 aromatic heterocycles. The van der Waals surface area contributed by atoms with E-state index in [0.717, 1.165) is 19.4 Å².